The molecule has 1 rings (SSSR count). The zero-order valence-corrected chi connectivity index (χ0v) is 12.8. The first-order chi connectivity index (χ1) is 7.33. The molecule has 0 saturated heterocycles. The highest BCUT2D eigenvalue weighted by Crippen LogP contribution is 2.29. The lowest BCUT2D eigenvalue weighted by molar-refractivity contribution is 0.573. The molecule has 0 bridgehead atoms. The summed E-state index contributed by atoms with van der Waals surface area (Å²) >= 11 is 6.89. The van der Waals surface area contributed by atoms with Crippen LogP contribution in [0.15, 0.2) is 10.3 Å². The minimum Gasteiger partial charge on any atom is -0.328 e. The number of nitrogens with two attached hydrogens (primary N) is 1. The van der Waals surface area contributed by atoms with Gasteiger partial charge in [-0.25, -0.2) is 13.1 Å². The van der Waals surface area contributed by atoms with Gasteiger partial charge in [0.2, 0.25) is 10.0 Å². The van der Waals surface area contributed by atoms with E-state index in [1.54, 1.807) is 13.0 Å². The number of hydrogen-bond acceptors (Lipinski definition) is 4. The third-order valence-corrected chi connectivity index (χ3v) is 5.48. The molecule has 3 N–H and O–H groups in total. The first-order valence-electron chi connectivity index (χ1n) is 4.84. The van der Waals surface area contributed by atoms with Crippen LogP contribution in [-0.4, -0.2) is 21.0 Å². The van der Waals surface area contributed by atoms with Gasteiger partial charge in [0.05, 0.1) is 4.34 Å². The fraction of sp³-hybridized carbons (Fsp3) is 0.556. The number of aryl methyl sites for hydroxylation is 1. The van der Waals surface area contributed by atoms with Crippen LogP contribution in [0.25, 0.3) is 0 Å². The topological polar surface area (TPSA) is 72.2 Å². The van der Waals surface area contributed by atoms with Crippen LogP contribution < -0.4 is 10.5 Å². The van der Waals surface area contributed by atoms with Crippen molar-refractivity contribution in [2.75, 3.05) is 6.54 Å². The quantitative estimate of drug-likeness (QED) is 0.873. The number of hydrogen-bond donors (Lipinski definition) is 2. The maximum Gasteiger partial charge on any atom is 0.250 e. The third-order valence-electron chi connectivity index (χ3n) is 1.99. The summed E-state index contributed by atoms with van der Waals surface area (Å²) < 4.78 is 26.8. The molecular weight excluding hydrogens is 303 g/mol. The molecule has 100 valence electrons. The molecule has 0 fully saturated rings. The molecule has 0 aliphatic heterocycles. The second-order valence-corrected chi connectivity index (χ2v) is 7.33. The first kappa shape index (κ1) is 17.2. The molecule has 0 saturated carbocycles. The molecule has 0 aliphatic carbocycles. The van der Waals surface area contributed by atoms with Gasteiger partial charge in [0.25, 0.3) is 0 Å². The maximum absolute atomic E-state index is 11.8. The average molecular weight is 319 g/mol. The Hall–Kier alpha value is 0.150. The van der Waals surface area contributed by atoms with Crippen molar-refractivity contribution in [3.8, 4) is 0 Å². The molecule has 0 aliphatic rings. The molecule has 1 aromatic heterocycles. The Labute approximate surface area is 117 Å². The van der Waals surface area contributed by atoms with E-state index in [1.807, 2.05) is 6.92 Å². The second-order valence-electron chi connectivity index (χ2n) is 3.69. The Bertz CT molecular complexity index is 438. The summed E-state index contributed by atoms with van der Waals surface area (Å²) in [5.74, 6) is 0. The minimum atomic E-state index is -3.43. The fourth-order valence-corrected chi connectivity index (χ4v) is 3.86. The Kier molecular flexibility index (Phi) is 6.98. The van der Waals surface area contributed by atoms with Gasteiger partial charge in [0, 0.05) is 12.6 Å². The van der Waals surface area contributed by atoms with E-state index in [0.29, 0.717) is 17.3 Å². The predicted molar refractivity (Wildman–Crippen MR) is 74.8 cm³/mol. The predicted octanol–water partition coefficient (Wildman–Crippen LogP) is 2.15. The minimum absolute atomic E-state index is 0. The maximum atomic E-state index is 11.8. The highest BCUT2D eigenvalue weighted by Gasteiger charge is 2.17. The van der Waals surface area contributed by atoms with Crippen molar-refractivity contribution < 1.29 is 8.42 Å². The van der Waals surface area contributed by atoms with Gasteiger partial charge in [-0.2, -0.15) is 0 Å². The van der Waals surface area contributed by atoms with Crippen LogP contribution >= 0.6 is 35.3 Å². The molecular formula is C9H16Cl2N2O2S2. The van der Waals surface area contributed by atoms with Crippen molar-refractivity contribution in [3.05, 3.63) is 16.0 Å². The number of thiophene rings is 1. The van der Waals surface area contributed by atoms with Crippen molar-refractivity contribution in [1.82, 2.24) is 4.72 Å². The van der Waals surface area contributed by atoms with Gasteiger partial charge in [0.15, 0.2) is 0 Å². The van der Waals surface area contributed by atoms with Gasteiger partial charge in [-0.15, -0.1) is 23.7 Å². The summed E-state index contributed by atoms with van der Waals surface area (Å²) in [6.07, 6.45) is 0.608. The van der Waals surface area contributed by atoms with Crippen LogP contribution in [0, 0.1) is 6.92 Å². The van der Waals surface area contributed by atoms with E-state index in [1.165, 1.54) is 0 Å². The van der Waals surface area contributed by atoms with Crippen LogP contribution in [0.2, 0.25) is 4.34 Å². The molecule has 1 heterocycles. The van der Waals surface area contributed by atoms with E-state index in [2.05, 4.69) is 4.72 Å². The highest BCUT2D eigenvalue weighted by atomic mass is 35.5. The van der Waals surface area contributed by atoms with E-state index < -0.39 is 10.0 Å². The molecule has 0 spiro atoms. The molecule has 1 aromatic rings. The summed E-state index contributed by atoms with van der Waals surface area (Å²) in [7, 11) is -3.43. The number of halogens is 2. The Balaban J connectivity index is 0.00000256. The van der Waals surface area contributed by atoms with E-state index in [4.69, 9.17) is 17.3 Å². The van der Waals surface area contributed by atoms with Crippen molar-refractivity contribution in [2.45, 2.75) is 30.5 Å². The Morgan fingerprint density at radius 3 is 2.59 bits per heavy atom. The van der Waals surface area contributed by atoms with Gasteiger partial charge in [0.1, 0.15) is 4.21 Å². The van der Waals surface area contributed by atoms with Crippen molar-refractivity contribution in [2.24, 2.45) is 5.73 Å². The van der Waals surface area contributed by atoms with E-state index >= 15 is 0 Å². The van der Waals surface area contributed by atoms with Crippen LogP contribution in [0.3, 0.4) is 0 Å². The molecule has 0 amide bonds. The summed E-state index contributed by atoms with van der Waals surface area (Å²) in [5.41, 5.74) is 6.31. The van der Waals surface area contributed by atoms with Crippen LogP contribution in [0.1, 0.15) is 18.9 Å². The fourth-order valence-electron chi connectivity index (χ4n) is 1.06. The van der Waals surface area contributed by atoms with E-state index in [0.717, 1.165) is 16.9 Å². The first-order valence-corrected chi connectivity index (χ1v) is 7.52. The molecule has 1 atom stereocenters. The number of sulfonamides is 1. The third kappa shape index (κ3) is 5.11. The standard InChI is InChI=1S/C9H15ClN2O2S2.ClH/c1-6-5-8(15-9(6)10)16(13,14)12-4-3-7(2)11;/h5,7,12H,3-4,11H2,1-2H3;1H. The van der Waals surface area contributed by atoms with Gasteiger partial charge >= 0.3 is 0 Å². The van der Waals surface area contributed by atoms with Gasteiger partial charge in [-0.3, -0.25) is 0 Å². The number of nitrogens with one attached hydrogen (secondary N) is 1. The summed E-state index contributed by atoms with van der Waals surface area (Å²) in [5, 5.41) is 0. The van der Waals surface area contributed by atoms with E-state index in [9.17, 15) is 8.42 Å². The van der Waals surface area contributed by atoms with Gasteiger partial charge in [-0.05, 0) is 31.9 Å². The van der Waals surface area contributed by atoms with Crippen LogP contribution in [0.4, 0.5) is 0 Å². The van der Waals surface area contributed by atoms with Crippen LogP contribution in [0.5, 0.6) is 0 Å². The summed E-state index contributed by atoms with van der Waals surface area (Å²) in [6, 6.07) is 1.55. The summed E-state index contributed by atoms with van der Waals surface area (Å²) in [4.78, 5) is 0. The average Bonchev–Trinajstić information content (AvgIpc) is 2.46. The van der Waals surface area contributed by atoms with Crippen molar-refractivity contribution >= 4 is 45.4 Å². The van der Waals surface area contributed by atoms with Gasteiger partial charge in [-0.1, -0.05) is 11.6 Å². The Morgan fingerprint density at radius 1 is 1.59 bits per heavy atom. The zero-order valence-electron chi connectivity index (χ0n) is 9.57. The number of rotatable bonds is 5. The highest BCUT2D eigenvalue weighted by molar-refractivity contribution is 7.91. The molecule has 17 heavy (non-hydrogen) atoms. The Morgan fingerprint density at radius 2 is 2.18 bits per heavy atom. The zero-order chi connectivity index (χ0) is 12.3. The SMILES string of the molecule is Cc1cc(S(=O)(=O)NCCC(C)N)sc1Cl.Cl. The lowest BCUT2D eigenvalue weighted by Gasteiger charge is -2.06. The largest absolute Gasteiger partial charge is 0.328 e. The van der Waals surface area contributed by atoms with Crippen molar-refractivity contribution in [1.29, 1.82) is 0 Å². The van der Waals surface area contributed by atoms with E-state index in [-0.39, 0.29) is 22.7 Å². The monoisotopic (exact) mass is 318 g/mol. The molecule has 0 radical (unpaired) electrons. The van der Waals surface area contributed by atoms with Crippen LogP contribution in [-0.2, 0) is 10.0 Å². The normalized spacial score (nSPS) is 13.2. The second kappa shape index (κ2) is 6.92. The lowest BCUT2D eigenvalue weighted by Crippen LogP contribution is -2.28. The lowest BCUT2D eigenvalue weighted by atomic mass is 10.3. The molecule has 1 unspecified atom stereocenters. The summed E-state index contributed by atoms with van der Waals surface area (Å²) in [6.45, 7) is 3.95. The molecule has 4 nitrogen and oxygen atoms in total. The van der Waals surface area contributed by atoms with Gasteiger partial charge < -0.3 is 5.73 Å². The molecule has 8 heteroatoms. The molecule has 0 aromatic carbocycles. The van der Waals surface area contributed by atoms with Crippen molar-refractivity contribution in [3.63, 3.8) is 0 Å². The smallest absolute Gasteiger partial charge is 0.250 e.